The zero-order valence-electron chi connectivity index (χ0n) is 11.4. The van der Waals surface area contributed by atoms with Gasteiger partial charge in [0.2, 0.25) is 0 Å². The van der Waals surface area contributed by atoms with Crippen LogP contribution in [-0.2, 0) is 4.74 Å². The molecule has 1 fully saturated rings. The topological polar surface area (TPSA) is 30.5 Å². The van der Waals surface area contributed by atoms with Gasteiger partial charge in [-0.2, -0.15) is 0 Å². The van der Waals surface area contributed by atoms with Crippen LogP contribution in [0.1, 0.15) is 6.42 Å². The number of rotatable bonds is 5. The predicted molar refractivity (Wildman–Crippen MR) is 80.4 cm³/mol. The lowest BCUT2D eigenvalue weighted by Crippen LogP contribution is -2.13. The van der Waals surface area contributed by atoms with E-state index in [1.165, 1.54) is 0 Å². The van der Waals surface area contributed by atoms with Gasteiger partial charge in [0.05, 0.1) is 6.61 Å². The maximum Gasteiger partial charge on any atom is 0.129 e. The summed E-state index contributed by atoms with van der Waals surface area (Å²) in [5.74, 6) is 2.33. The van der Waals surface area contributed by atoms with Crippen molar-refractivity contribution >= 4 is 5.69 Å². The van der Waals surface area contributed by atoms with Gasteiger partial charge in [-0.1, -0.05) is 24.3 Å². The molecule has 3 nitrogen and oxygen atoms in total. The highest BCUT2D eigenvalue weighted by Gasteiger charge is 2.14. The monoisotopic (exact) mass is 269 g/mol. The predicted octanol–water partition coefficient (Wildman–Crippen LogP) is 3.93. The Morgan fingerprint density at radius 3 is 2.70 bits per heavy atom. The molecular formula is C17H19NO2. The molecule has 0 aromatic heterocycles. The number of anilines is 1. The van der Waals surface area contributed by atoms with E-state index in [2.05, 4.69) is 11.4 Å². The van der Waals surface area contributed by atoms with Gasteiger partial charge < -0.3 is 14.8 Å². The Labute approximate surface area is 119 Å². The SMILES string of the molecule is c1ccc(Oc2cccc(NCC3CCOC3)c2)cc1. The van der Waals surface area contributed by atoms with Crippen molar-refractivity contribution in [2.45, 2.75) is 6.42 Å². The van der Waals surface area contributed by atoms with Gasteiger partial charge in [-0.3, -0.25) is 0 Å². The second kappa shape index (κ2) is 6.44. The number of benzene rings is 2. The van der Waals surface area contributed by atoms with E-state index in [1.807, 2.05) is 48.5 Å². The van der Waals surface area contributed by atoms with Crippen LogP contribution >= 0.6 is 0 Å². The average molecular weight is 269 g/mol. The van der Waals surface area contributed by atoms with E-state index in [4.69, 9.17) is 9.47 Å². The highest BCUT2D eigenvalue weighted by atomic mass is 16.5. The zero-order chi connectivity index (χ0) is 13.6. The van der Waals surface area contributed by atoms with Crippen LogP contribution in [0.25, 0.3) is 0 Å². The van der Waals surface area contributed by atoms with Gasteiger partial charge in [0.1, 0.15) is 11.5 Å². The second-order valence-corrected chi connectivity index (χ2v) is 5.05. The van der Waals surface area contributed by atoms with E-state index in [0.717, 1.165) is 43.4 Å². The van der Waals surface area contributed by atoms with Crippen LogP contribution in [0.2, 0.25) is 0 Å². The van der Waals surface area contributed by atoms with Gasteiger partial charge in [0, 0.05) is 30.8 Å². The Hall–Kier alpha value is -2.00. The first-order valence-electron chi connectivity index (χ1n) is 7.05. The molecule has 1 aliphatic heterocycles. The molecule has 1 unspecified atom stereocenters. The highest BCUT2D eigenvalue weighted by molar-refractivity contribution is 5.49. The Balaban J connectivity index is 1.60. The van der Waals surface area contributed by atoms with E-state index < -0.39 is 0 Å². The quantitative estimate of drug-likeness (QED) is 0.892. The fraction of sp³-hybridized carbons (Fsp3) is 0.294. The molecule has 2 aromatic rings. The molecule has 1 heterocycles. The summed E-state index contributed by atoms with van der Waals surface area (Å²) >= 11 is 0. The van der Waals surface area contributed by atoms with Crippen molar-refractivity contribution in [2.24, 2.45) is 5.92 Å². The van der Waals surface area contributed by atoms with E-state index >= 15 is 0 Å². The third-order valence-corrected chi connectivity index (χ3v) is 3.43. The molecule has 0 amide bonds. The zero-order valence-corrected chi connectivity index (χ0v) is 11.4. The number of hydrogen-bond acceptors (Lipinski definition) is 3. The molecule has 0 saturated carbocycles. The molecule has 1 atom stereocenters. The summed E-state index contributed by atoms with van der Waals surface area (Å²) in [6.07, 6.45) is 1.15. The molecule has 1 saturated heterocycles. The number of ether oxygens (including phenoxy) is 2. The molecule has 20 heavy (non-hydrogen) atoms. The lowest BCUT2D eigenvalue weighted by atomic mass is 10.1. The van der Waals surface area contributed by atoms with Gasteiger partial charge >= 0.3 is 0 Å². The minimum absolute atomic E-state index is 0.619. The Bertz CT molecular complexity index is 536. The Morgan fingerprint density at radius 1 is 1.05 bits per heavy atom. The standard InChI is InChI=1S/C17H19NO2/c1-2-6-16(7-3-1)20-17-8-4-5-15(11-17)18-12-14-9-10-19-13-14/h1-8,11,14,18H,9-10,12-13H2. The van der Waals surface area contributed by atoms with Crippen molar-refractivity contribution in [3.8, 4) is 11.5 Å². The van der Waals surface area contributed by atoms with Gasteiger partial charge in [-0.05, 0) is 30.7 Å². The van der Waals surface area contributed by atoms with Gasteiger partial charge in [0.25, 0.3) is 0 Å². The molecule has 0 bridgehead atoms. The van der Waals surface area contributed by atoms with E-state index in [-0.39, 0.29) is 0 Å². The van der Waals surface area contributed by atoms with Crippen LogP contribution in [0.3, 0.4) is 0 Å². The number of para-hydroxylation sites is 1. The minimum atomic E-state index is 0.619. The fourth-order valence-corrected chi connectivity index (χ4v) is 2.30. The Morgan fingerprint density at radius 2 is 1.90 bits per heavy atom. The molecule has 0 spiro atoms. The van der Waals surface area contributed by atoms with Crippen LogP contribution in [0.5, 0.6) is 11.5 Å². The van der Waals surface area contributed by atoms with E-state index in [9.17, 15) is 0 Å². The first-order chi connectivity index (χ1) is 9.90. The van der Waals surface area contributed by atoms with Crippen molar-refractivity contribution in [3.63, 3.8) is 0 Å². The van der Waals surface area contributed by atoms with Crippen molar-refractivity contribution in [3.05, 3.63) is 54.6 Å². The first-order valence-corrected chi connectivity index (χ1v) is 7.05. The fourth-order valence-electron chi connectivity index (χ4n) is 2.30. The largest absolute Gasteiger partial charge is 0.457 e. The average Bonchev–Trinajstić information content (AvgIpc) is 3.00. The molecule has 104 valence electrons. The lowest BCUT2D eigenvalue weighted by Gasteiger charge is -2.12. The van der Waals surface area contributed by atoms with Gasteiger partial charge in [-0.15, -0.1) is 0 Å². The van der Waals surface area contributed by atoms with Crippen molar-refractivity contribution in [1.82, 2.24) is 0 Å². The van der Waals surface area contributed by atoms with E-state index in [1.54, 1.807) is 0 Å². The smallest absolute Gasteiger partial charge is 0.129 e. The second-order valence-electron chi connectivity index (χ2n) is 5.05. The summed E-state index contributed by atoms with van der Waals surface area (Å²) in [4.78, 5) is 0. The lowest BCUT2D eigenvalue weighted by molar-refractivity contribution is 0.187. The van der Waals surface area contributed by atoms with Crippen LogP contribution in [0.4, 0.5) is 5.69 Å². The first kappa shape index (κ1) is 13.0. The summed E-state index contributed by atoms with van der Waals surface area (Å²) in [7, 11) is 0. The minimum Gasteiger partial charge on any atom is -0.457 e. The summed E-state index contributed by atoms with van der Waals surface area (Å²) in [6.45, 7) is 2.71. The third-order valence-electron chi connectivity index (χ3n) is 3.43. The summed E-state index contributed by atoms with van der Waals surface area (Å²) in [5.41, 5.74) is 1.09. The number of nitrogens with one attached hydrogen (secondary N) is 1. The maximum atomic E-state index is 5.83. The summed E-state index contributed by atoms with van der Waals surface area (Å²) < 4.78 is 11.2. The van der Waals surface area contributed by atoms with E-state index in [0.29, 0.717) is 5.92 Å². The molecule has 0 radical (unpaired) electrons. The molecule has 1 aliphatic rings. The maximum absolute atomic E-state index is 5.83. The molecular weight excluding hydrogens is 250 g/mol. The third kappa shape index (κ3) is 3.52. The summed E-state index contributed by atoms with van der Waals surface area (Å²) in [6, 6.07) is 17.9. The molecule has 3 heteroatoms. The summed E-state index contributed by atoms with van der Waals surface area (Å²) in [5, 5.41) is 3.45. The van der Waals surface area contributed by atoms with Crippen molar-refractivity contribution in [2.75, 3.05) is 25.1 Å². The van der Waals surface area contributed by atoms with Crippen LogP contribution in [0.15, 0.2) is 54.6 Å². The van der Waals surface area contributed by atoms with Gasteiger partial charge in [0.15, 0.2) is 0 Å². The number of hydrogen-bond donors (Lipinski definition) is 1. The van der Waals surface area contributed by atoms with Crippen molar-refractivity contribution in [1.29, 1.82) is 0 Å². The molecule has 1 N–H and O–H groups in total. The normalized spacial score (nSPS) is 17.9. The highest BCUT2D eigenvalue weighted by Crippen LogP contribution is 2.24. The van der Waals surface area contributed by atoms with Crippen LogP contribution in [-0.4, -0.2) is 19.8 Å². The van der Waals surface area contributed by atoms with Crippen LogP contribution < -0.4 is 10.1 Å². The Kier molecular flexibility index (Phi) is 4.19. The molecule has 0 aliphatic carbocycles. The molecule has 2 aromatic carbocycles. The van der Waals surface area contributed by atoms with Gasteiger partial charge in [-0.25, -0.2) is 0 Å². The van der Waals surface area contributed by atoms with Crippen LogP contribution in [0, 0.1) is 5.92 Å². The molecule has 3 rings (SSSR count). The van der Waals surface area contributed by atoms with Crippen molar-refractivity contribution < 1.29 is 9.47 Å².